The third-order valence-corrected chi connectivity index (χ3v) is 4.31. The maximum atomic E-state index is 11.5. The standard InChI is InChI=1S/C7H12N2O3S2/c1-5(10)3-9-14(11,12)7-2-6(8)4-13-7/h2,4-5,9-10H,3,8H2,1H3. The van der Waals surface area contributed by atoms with Gasteiger partial charge in [-0.25, -0.2) is 13.1 Å². The van der Waals surface area contributed by atoms with E-state index in [9.17, 15) is 8.42 Å². The van der Waals surface area contributed by atoms with Crippen LogP contribution in [0, 0.1) is 0 Å². The zero-order valence-corrected chi connectivity index (χ0v) is 9.23. The van der Waals surface area contributed by atoms with E-state index in [2.05, 4.69) is 4.72 Å². The van der Waals surface area contributed by atoms with Crippen molar-refractivity contribution in [1.29, 1.82) is 0 Å². The molecule has 0 spiro atoms. The van der Waals surface area contributed by atoms with Crippen LogP contribution < -0.4 is 10.5 Å². The van der Waals surface area contributed by atoms with Crippen LogP contribution in [0.4, 0.5) is 5.69 Å². The van der Waals surface area contributed by atoms with E-state index in [1.807, 2.05) is 0 Å². The van der Waals surface area contributed by atoms with Gasteiger partial charge >= 0.3 is 0 Å². The number of nitrogens with two attached hydrogens (primary N) is 1. The fraction of sp³-hybridized carbons (Fsp3) is 0.429. The molecule has 1 rings (SSSR count). The number of aliphatic hydroxyl groups excluding tert-OH is 1. The second-order valence-electron chi connectivity index (χ2n) is 2.90. The number of hydrogen-bond acceptors (Lipinski definition) is 5. The topological polar surface area (TPSA) is 92.4 Å². The summed E-state index contributed by atoms with van der Waals surface area (Å²) in [5.41, 5.74) is 5.82. The van der Waals surface area contributed by atoms with Crippen LogP contribution in [0.1, 0.15) is 6.92 Å². The molecule has 1 aromatic heterocycles. The van der Waals surface area contributed by atoms with E-state index in [1.54, 1.807) is 5.38 Å². The van der Waals surface area contributed by atoms with Crippen molar-refractivity contribution in [2.75, 3.05) is 12.3 Å². The van der Waals surface area contributed by atoms with E-state index < -0.39 is 16.1 Å². The lowest BCUT2D eigenvalue weighted by Crippen LogP contribution is -2.30. The highest BCUT2D eigenvalue weighted by atomic mass is 32.2. The zero-order chi connectivity index (χ0) is 10.8. The Bertz CT molecular complexity index is 397. The molecule has 1 unspecified atom stereocenters. The minimum Gasteiger partial charge on any atom is -0.398 e. The largest absolute Gasteiger partial charge is 0.398 e. The molecule has 1 atom stereocenters. The monoisotopic (exact) mass is 236 g/mol. The van der Waals surface area contributed by atoms with E-state index in [-0.39, 0.29) is 10.8 Å². The predicted molar refractivity (Wildman–Crippen MR) is 55.6 cm³/mol. The van der Waals surface area contributed by atoms with Crippen molar-refractivity contribution in [3.8, 4) is 0 Å². The molecular formula is C7H12N2O3S2. The Labute approximate surface area is 86.6 Å². The first kappa shape index (κ1) is 11.4. The minimum atomic E-state index is -3.51. The van der Waals surface area contributed by atoms with Gasteiger partial charge in [0.1, 0.15) is 4.21 Å². The summed E-state index contributed by atoms with van der Waals surface area (Å²) in [5.74, 6) is 0. The smallest absolute Gasteiger partial charge is 0.250 e. The van der Waals surface area contributed by atoms with Crippen LogP contribution in [0.2, 0.25) is 0 Å². The van der Waals surface area contributed by atoms with Crippen LogP contribution in [0.15, 0.2) is 15.7 Å². The molecule has 1 aromatic rings. The first-order valence-corrected chi connectivity index (χ1v) is 6.30. The zero-order valence-electron chi connectivity index (χ0n) is 7.60. The number of rotatable bonds is 4. The van der Waals surface area contributed by atoms with E-state index >= 15 is 0 Å². The Morgan fingerprint density at radius 3 is 2.79 bits per heavy atom. The van der Waals surface area contributed by atoms with Gasteiger partial charge in [-0.05, 0) is 13.0 Å². The summed E-state index contributed by atoms with van der Waals surface area (Å²) in [6.45, 7) is 1.51. The lowest BCUT2D eigenvalue weighted by molar-refractivity contribution is 0.198. The van der Waals surface area contributed by atoms with Crippen molar-refractivity contribution in [3.05, 3.63) is 11.4 Å². The average Bonchev–Trinajstić information content (AvgIpc) is 2.49. The quantitative estimate of drug-likeness (QED) is 0.685. The van der Waals surface area contributed by atoms with Crippen molar-refractivity contribution in [2.45, 2.75) is 17.2 Å². The van der Waals surface area contributed by atoms with Crippen molar-refractivity contribution < 1.29 is 13.5 Å². The van der Waals surface area contributed by atoms with Crippen LogP contribution in [-0.2, 0) is 10.0 Å². The van der Waals surface area contributed by atoms with E-state index in [1.165, 1.54) is 13.0 Å². The molecule has 80 valence electrons. The number of thiophene rings is 1. The maximum Gasteiger partial charge on any atom is 0.250 e. The molecule has 0 amide bonds. The highest BCUT2D eigenvalue weighted by molar-refractivity contribution is 7.91. The third kappa shape index (κ3) is 2.95. The first-order valence-electron chi connectivity index (χ1n) is 3.93. The molecule has 1 heterocycles. The number of aliphatic hydroxyl groups is 1. The molecule has 0 aliphatic rings. The van der Waals surface area contributed by atoms with E-state index in [4.69, 9.17) is 10.8 Å². The van der Waals surface area contributed by atoms with Crippen LogP contribution in [0.5, 0.6) is 0 Å². The van der Waals surface area contributed by atoms with Crippen molar-refractivity contribution in [3.63, 3.8) is 0 Å². The Kier molecular flexibility index (Phi) is 3.48. The summed E-state index contributed by atoms with van der Waals surface area (Å²) in [7, 11) is -3.51. The van der Waals surface area contributed by atoms with Gasteiger partial charge in [0.15, 0.2) is 0 Å². The van der Waals surface area contributed by atoms with Gasteiger partial charge in [0.2, 0.25) is 10.0 Å². The first-order chi connectivity index (χ1) is 6.42. The molecule has 0 aliphatic carbocycles. The van der Waals surface area contributed by atoms with Crippen molar-refractivity contribution in [1.82, 2.24) is 4.72 Å². The molecule has 0 radical (unpaired) electrons. The minimum absolute atomic E-state index is 0.000137. The van der Waals surface area contributed by atoms with Gasteiger partial charge in [-0.15, -0.1) is 11.3 Å². The Morgan fingerprint density at radius 2 is 2.36 bits per heavy atom. The lowest BCUT2D eigenvalue weighted by Gasteiger charge is -2.05. The Balaban J connectivity index is 2.76. The molecule has 0 aromatic carbocycles. The van der Waals surface area contributed by atoms with Crippen molar-refractivity contribution >= 4 is 27.0 Å². The second-order valence-corrected chi connectivity index (χ2v) is 5.81. The maximum absolute atomic E-state index is 11.5. The molecule has 0 saturated carbocycles. The van der Waals surface area contributed by atoms with Gasteiger partial charge in [0.05, 0.1) is 6.10 Å². The van der Waals surface area contributed by atoms with Gasteiger partial charge in [-0.1, -0.05) is 0 Å². The summed E-state index contributed by atoms with van der Waals surface area (Å²) < 4.78 is 25.4. The number of sulfonamides is 1. The average molecular weight is 236 g/mol. The second kappa shape index (κ2) is 4.26. The number of nitrogens with one attached hydrogen (secondary N) is 1. The molecular weight excluding hydrogens is 224 g/mol. The molecule has 5 nitrogen and oxygen atoms in total. The van der Waals surface area contributed by atoms with Gasteiger partial charge in [0, 0.05) is 17.6 Å². The van der Waals surface area contributed by atoms with Gasteiger partial charge < -0.3 is 10.8 Å². The number of anilines is 1. The molecule has 0 bridgehead atoms. The summed E-state index contributed by atoms with van der Waals surface area (Å²) in [6.07, 6.45) is -0.706. The van der Waals surface area contributed by atoms with Crippen LogP contribution in [0.25, 0.3) is 0 Å². The highest BCUT2D eigenvalue weighted by Gasteiger charge is 2.16. The number of nitrogen functional groups attached to an aromatic ring is 1. The third-order valence-electron chi connectivity index (χ3n) is 1.43. The SMILES string of the molecule is CC(O)CNS(=O)(=O)c1cc(N)cs1. The Morgan fingerprint density at radius 1 is 1.71 bits per heavy atom. The van der Waals surface area contributed by atoms with Crippen LogP contribution >= 0.6 is 11.3 Å². The van der Waals surface area contributed by atoms with E-state index in [0.717, 1.165) is 11.3 Å². The van der Waals surface area contributed by atoms with Gasteiger partial charge in [-0.3, -0.25) is 0 Å². The summed E-state index contributed by atoms with van der Waals surface area (Å²) in [6, 6.07) is 1.38. The molecule has 0 saturated heterocycles. The van der Waals surface area contributed by atoms with Gasteiger partial charge in [0.25, 0.3) is 0 Å². The summed E-state index contributed by atoms with van der Waals surface area (Å²) >= 11 is 1.05. The fourth-order valence-electron chi connectivity index (χ4n) is 0.773. The van der Waals surface area contributed by atoms with E-state index in [0.29, 0.717) is 5.69 Å². The van der Waals surface area contributed by atoms with Crippen LogP contribution in [-0.4, -0.2) is 26.2 Å². The summed E-state index contributed by atoms with van der Waals surface area (Å²) in [5, 5.41) is 10.5. The highest BCUT2D eigenvalue weighted by Crippen LogP contribution is 2.20. The molecule has 7 heteroatoms. The van der Waals surface area contributed by atoms with Crippen LogP contribution in [0.3, 0.4) is 0 Å². The lowest BCUT2D eigenvalue weighted by atomic mass is 10.4. The van der Waals surface area contributed by atoms with Crippen molar-refractivity contribution in [2.24, 2.45) is 0 Å². The predicted octanol–water partition coefficient (Wildman–Crippen LogP) is -0.0106. The number of hydrogen-bond donors (Lipinski definition) is 3. The molecule has 0 fully saturated rings. The molecule has 4 N–H and O–H groups in total. The summed E-state index contributed by atoms with van der Waals surface area (Å²) in [4.78, 5) is 0. The van der Waals surface area contributed by atoms with Gasteiger partial charge in [-0.2, -0.15) is 0 Å². The molecule has 0 aliphatic heterocycles. The molecule has 14 heavy (non-hydrogen) atoms. The normalized spacial score (nSPS) is 14.1. The Hall–Kier alpha value is -0.630. The fourth-order valence-corrected chi connectivity index (χ4v) is 3.02.